The minimum Gasteiger partial charge on any atom is -0.494 e. The molecule has 2 aromatic carbocycles. The van der Waals surface area contributed by atoms with Crippen molar-refractivity contribution in [2.24, 2.45) is 0 Å². The fourth-order valence-corrected chi connectivity index (χ4v) is 2.50. The molecule has 0 spiro atoms. The van der Waals surface area contributed by atoms with Crippen LogP contribution in [0.3, 0.4) is 0 Å². The number of amides is 1. The van der Waals surface area contributed by atoms with Crippen molar-refractivity contribution in [1.82, 2.24) is 9.78 Å². The van der Waals surface area contributed by atoms with Gasteiger partial charge in [0.15, 0.2) is 11.4 Å². The third kappa shape index (κ3) is 4.14. The maximum atomic E-state index is 12.7. The quantitative estimate of drug-likeness (QED) is 0.726. The van der Waals surface area contributed by atoms with E-state index >= 15 is 0 Å². The van der Waals surface area contributed by atoms with Crippen LogP contribution in [0.15, 0.2) is 65.5 Å². The highest BCUT2D eigenvalue weighted by atomic mass is 16.5. The van der Waals surface area contributed by atoms with Crippen molar-refractivity contribution in [1.29, 1.82) is 0 Å². The first-order chi connectivity index (χ1) is 13.1. The molecule has 1 amide bonds. The van der Waals surface area contributed by atoms with Crippen molar-refractivity contribution in [2.45, 2.75) is 6.92 Å². The van der Waals surface area contributed by atoms with E-state index in [-0.39, 0.29) is 11.4 Å². The second-order valence-corrected chi connectivity index (χ2v) is 5.56. The van der Waals surface area contributed by atoms with E-state index in [1.165, 1.54) is 13.2 Å². The van der Waals surface area contributed by atoms with Crippen molar-refractivity contribution >= 4 is 11.6 Å². The lowest BCUT2D eigenvalue weighted by Gasteiger charge is -2.11. The van der Waals surface area contributed by atoms with Crippen molar-refractivity contribution in [2.75, 3.05) is 19.0 Å². The average molecular weight is 365 g/mol. The van der Waals surface area contributed by atoms with Crippen LogP contribution in [0, 0.1) is 0 Å². The van der Waals surface area contributed by atoms with E-state index in [1.807, 2.05) is 13.0 Å². The lowest BCUT2D eigenvalue weighted by molar-refractivity contribution is 0.101. The summed E-state index contributed by atoms with van der Waals surface area (Å²) in [6, 6.07) is 17.1. The summed E-state index contributed by atoms with van der Waals surface area (Å²) in [5.74, 6) is 0.333. The Kier molecular flexibility index (Phi) is 5.51. The van der Waals surface area contributed by atoms with Crippen LogP contribution in [0.5, 0.6) is 11.5 Å². The number of benzene rings is 2. The minimum atomic E-state index is -0.485. The molecule has 0 unspecified atom stereocenters. The van der Waals surface area contributed by atoms with E-state index in [0.717, 1.165) is 4.68 Å². The number of hydrogen-bond donors (Lipinski definition) is 1. The molecule has 0 aliphatic carbocycles. The lowest BCUT2D eigenvalue weighted by Crippen LogP contribution is -2.26. The highest BCUT2D eigenvalue weighted by Crippen LogP contribution is 2.19. The zero-order chi connectivity index (χ0) is 19.2. The zero-order valence-corrected chi connectivity index (χ0v) is 15.0. The Morgan fingerprint density at radius 3 is 2.44 bits per heavy atom. The van der Waals surface area contributed by atoms with Gasteiger partial charge in [-0.1, -0.05) is 18.2 Å². The third-order valence-corrected chi connectivity index (χ3v) is 3.76. The SMILES string of the molecule is CCOc1ccc(NC(=O)c2nn(-c3ccccc3)c(=O)cc2OC)cc1. The first kappa shape index (κ1) is 18.2. The van der Waals surface area contributed by atoms with Gasteiger partial charge in [-0.05, 0) is 43.3 Å². The van der Waals surface area contributed by atoms with Crippen molar-refractivity contribution in [3.8, 4) is 17.2 Å². The van der Waals surface area contributed by atoms with Gasteiger partial charge in [-0.2, -0.15) is 9.78 Å². The molecule has 0 saturated carbocycles. The fraction of sp³-hybridized carbons (Fsp3) is 0.150. The van der Waals surface area contributed by atoms with Crippen LogP contribution in [-0.4, -0.2) is 29.4 Å². The monoisotopic (exact) mass is 365 g/mol. The number of nitrogens with one attached hydrogen (secondary N) is 1. The maximum absolute atomic E-state index is 12.7. The van der Waals surface area contributed by atoms with Gasteiger partial charge >= 0.3 is 0 Å². The number of hydrogen-bond acceptors (Lipinski definition) is 5. The van der Waals surface area contributed by atoms with E-state index in [1.54, 1.807) is 48.5 Å². The van der Waals surface area contributed by atoms with Gasteiger partial charge in [0.25, 0.3) is 11.5 Å². The Bertz CT molecular complexity index is 982. The van der Waals surface area contributed by atoms with Gasteiger partial charge in [0.05, 0.1) is 25.5 Å². The molecule has 0 aliphatic rings. The Balaban J connectivity index is 1.92. The molecule has 27 heavy (non-hydrogen) atoms. The van der Waals surface area contributed by atoms with Gasteiger partial charge in [-0.3, -0.25) is 9.59 Å². The molecule has 0 bridgehead atoms. The first-order valence-corrected chi connectivity index (χ1v) is 8.40. The first-order valence-electron chi connectivity index (χ1n) is 8.40. The summed E-state index contributed by atoms with van der Waals surface area (Å²) in [4.78, 5) is 25.0. The van der Waals surface area contributed by atoms with E-state index in [9.17, 15) is 9.59 Å². The van der Waals surface area contributed by atoms with Crippen LogP contribution in [0.4, 0.5) is 5.69 Å². The summed E-state index contributed by atoms with van der Waals surface area (Å²) in [7, 11) is 1.39. The molecule has 7 nitrogen and oxygen atoms in total. The summed E-state index contributed by atoms with van der Waals surface area (Å²) < 4.78 is 11.7. The van der Waals surface area contributed by atoms with Crippen LogP contribution < -0.4 is 20.3 Å². The van der Waals surface area contributed by atoms with Gasteiger partial charge in [0.2, 0.25) is 0 Å². The molecular formula is C20H19N3O4. The Labute approximate surface area is 156 Å². The Hall–Kier alpha value is -3.61. The Morgan fingerprint density at radius 2 is 1.81 bits per heavy atom. The topological polar surface area (TPSA) is 82.5 Å². The summed E-state index contributed by atoms with van der Waals surface area (Å²) in [6.07, 6.45) is 0. The Morgan fingerprint density at radius 1 is 1.11 bits per heavy atom. The standard InChI is InChI=1S/C20H19N3O4/c1-3-27-16-11-9-14(10-12-16)21-20(25)19-17(26-2)13-18(24)23(22-19)15-7-5-4-6-8-15/h4-13H,3H2,1-2H3,(H,21,25). The predicted molar refractivity (Wildman–Crippen MR) is 102 cm³/mol. The van der Waals surface area contributed by atoms with Gasteiger partial charge < -0.3 is 14.8 Å². The van der Waals surface area contributed by atoms with Crippen LogP contribution in [0.1, 0.15) is 17.4 Å². The summed E-state index contributed by atoms with van der Waals surface area (Å²) in [5.41, 5.74) is 0.746. The number of anilines is 1. The van der Waals surface area contributed by atoms with Crippen LogP contribution in [0.2, 0.25) is 0 Å². The van der Waals surface area contributed by atoms with Crippen LogP contribution in [-0.2, 0) is 0 Å². The van der Waals surface area contributed by atoms with Crippen molar-refractivity contribution < 1.29 is 14.3 Å². The van der Waals surface area contributed by atoms with Crippen LogP contribution in [0.25, 0.3) is 5.69 Å². The second-order valence-electron chi connectivity index (χ2n) is 5.56. The van der Waals surface area contributed by atoms with E-state index in [2.05, 4.69) is 10.4 Å². The van der Waals surface area contributed by atoms with E-state index < -0.39 is 11.5 Å². The fourth-order valence-electron chi connectivity index (χ4n) is 2.50. The van der Waals surface area contributed by atoms with Gasteiger partial charge in [0.1, 0.15) is 5.75 Å². The number of aromatic nitrogens is 2. The minimum absolute atomic E-state index is 0.00911. The number of nitrogens with zero attached hydrogens (tertiary/aromatic N) is 2. The zero-order valence-electron chi connectivity index (χ0n) is 15.0. The van der Waals surface area contributed by atoms with Crippen molar-refractivity contribution in [3.05, 3.63) is 76.7 Å². The van der Waals surface area contributed by atoms with Gasteiger partial charge in [0, 0.05) is 5.69 Å². The van der Waals surface area contributed by atoms with E-state index in [4.69, 9.17) is 9.47 Å². The molecule has 0 fully saturated rings. The second kappa shape index (κ2) is 8.18. The summed E-state index contributed by atoms with van der Waals surface area (Å²) >= 11 is 0. The summed E-state index contributed by atoms with van der Waals surface area (Å²) in [6.45, 7) is 2.46. The number of methoxy groups -OCH3 is 1. The molecule has 1 heterocycles. The normalized spacial score (nSPS) is 10.3. The maximum Gasteiger partial charge on any atom is 0.280 e. The molecule has 3 aromatic rings. The number of para-hydroxylation sites is 1. The number of ether oxygens (including phenoxy) is 2. The molecule has 0 radical (unpaired) electrons. The molecule has 0 saturated heterocycles. The lowest BCUT2D eigenvalue weighted by atomic mass is 10.2. The largest absolute Gasteiger partial charge is 0.494 e. The molecule has 138 valence electrons. The average Bonchev–Trinajstić information content (AvgIpc) is 2.70. The highest BCUT2D eigenvalue weighted by molar-refractivity contribution is 6.04. The molecule has 0 atom stereocenters. The van der Waals surface area contributed by atoms with Crippen molar-refractivity contribution in [3.63, 3.8) is 0 Å². The number of rotatable bonds is 6. The van der Waals surface area contributed by atoms with Crippen LogP contribution >= 0.6 is 0 Å². The van der Waals surface area contributed by atoms with Gasteiger partial charge in [-0.15, -0.1) is 0 Å². The molecule has 1 aromatic heterocycles. The molecule has 0 aliphatic heterocycles. The molecular weight excluding hydrogens is 346 g/mol. The predicted octanol–water partition coefficient (Wildman–Crippen LogP) is 2.89. The molecule has 1 N–H and O–H groups in total. The number of carbonyl (C=O) groups excluding carboxylic acids is 1. The summed E-state index contributed by atoms with van der Waals surface area (Å²) in [5, 5.41) is 6.95. The third-order valence-electron chi connectivity index (χ3n) is 3.76. The highest BCUT2D eigenvalue weighted by Gasteiger charge is 2.18. The van der Waals surface area contributed by atoms with E-state index in [0.29, 0.717) is 23.7 Å². The van der Waals surface area contributed by atoms with Gasteiger partial charge in [-0.25, -0.2) is 0 Å². The number of carbonyl (C=O) groups is 1. The molecule has 3 rings (SSSR count). The smallest absolute Gasteiger partial charge is 0.280 e. The molecule has 7 heteroatoms.